The topological polar surface area (TPSA) is 38.7 Å². The molecule has 0 amide bonds. The van der Waals surface area contributed by atoms with Crippen LogP contribution in [-0.4, -0.2) is 11.7 Å². The van der Waals surface area contributed by atoms with E-state index in [4.69, 9.17) is 0 Å². The third-order valence-electron chi connectivity index (χ3n) is 2.23. The summed E-state index contributed by atoms with van der Waals surface area (Å²) < 4.78 is 0. The standard InChI is InChI=1S/C13H11NO2/c1-10-12(13(15)16-14-10)9-5-8-11-6-3-2-4-7-11/h2-9H,1H3/b8-5-,12-9+. The van der Waals surface area contributed by atoms with E-state index >= 15 is 0 Å². The molecule has 0 saturated heterocycles. The van der Waals surface area contributed by atoms with Crippen molar-refractivity contribution in [2.75, 3.05) is 0 Å². The van der Waals surface area contributed by atoms with Gasteiger partial charge >= 0.3 is 5.97 Å². The number of hydrogen-bond donors (Lipinski definition) is 0. The summed E-state index contributed by atoms with van der Waals surface area (Å²) in [4.78, 5) is 15.7. The average molecular weight is 213 g/mol. The molecule has 0 aliphatic carbocycles. The van der Waals surface area contributed by atoms with Gasteiger partial charge in [0, 0.05) is 0 Å². The minimum Gasteiger partial charge on any atom is -0.312 e. The lowest BCUT2D eigenvalue weighted by Gasteiger charge is -1.90. The Balaban J connectivity index is 2.12. The van der Waals surface area contributed by atoms with Crippen LogP contribution in [-0.2, 0) is 9.63 Å². The van der Waals surface area contributed by atoms with E-state index in [2.05, 4.69) is 9.99 Å². The van der Waals surface area contributed by atoms with E-state index in [-0.39, 0.29) is 0 Å². The maximum atomic E-state index is 11.2. The molecular formula is C13H11NO2. The Hall–Kier alpha value is -2.16. The highest BCUT2D eigenvalue weighted by atomic mass is 16.7. The maximum Gasteiger partial charge on any atom is 0.367 e. The van der Waals surface area contributed by atoms with Crippen molar-refractivity contribution in [1.82, 2.24) is 0 Å². The fourth-order valence-corrected chi connectivity index (χ4v) is 1.36. The van der Waals surface area contributed by atoms with Gasteiger partial charge in [-0.2, -0.15) is 0 Å². The first kappa shape index (κ1) is 10.4. The van der Waals surface area contributed by atoms with Crippen molar-refractivity contribution in [3.8, 4) is 0 Å². The fraction of sp³-hybridized carbons (Fsp3) is 0.0769. The first-order valence-corrected chi connectivity index (χ1v) is 4.97. The number of allylic oxidation sites excluding steroid dienone is 2. The molecule has 1 aliphatic rings. The van der Waals surface area contributed by atoms with Crippen molar-refractivity contribution in [3.63, 3.8) is 0 Å². The summed E-state index contributed by atoms with van der Waals surface area (Å²) in [6, 6.07) is 9.86. The van der Waals surface area contributed by atoms with E-state index in [1.807, 2.05) is 42.5 Å². The summed E-state index contributed by atoms with van der Waals surface area (Å²) in [5.74, 6) is -0.393. The van der Waals surface area contributed by atoms with E-state index < -0.39 is 5.97 Å². The monoisotopic (exact) mass is 213 g/mol. The van der Waals surface area contributed by atoms with Crippen LogP contribution >= 0.6 is 0 Å². The van der Waals surface area contributed by atoms with Crippen LogP contribution in [0, 0.1) is 0 Å². The molecule has 2 rings (SSSR count). The first-order chi connectivity index (χ1) is 7.77. The van der Waals surface area contributed by atoms with Crippen LogP contribution in [0.4, 0.5) is 0 Å². The Morgan fingerprint density at radius 2 is 2.00 bits per heavy atom. The first-order valence-electron chi connectivity index (χ1n) is 4.97. The van der Waals surface area contributed by atoms with Crippen LogP contribution in [0.3, 0.4) is 0 Å². The van der Waals surface area contributed by atoms with Crippen LogP contribution in [0.2, 0.25) is 0 Å². The van der Waals surface area contributed by atoms with Gasteiger partial charge in [0.15, 0.2) is 0 Å². The predicted molar refractivity (Wildman–Crippen MR) is 62.8 cm³/mol. The molecule has 0 spiro atoms. The summed E-state index contributed by atoms with van der Waals surface area (Å²) in [6.07, 6.45) is 5.45. The van der Waals surface area contributed by atoms with Crippen molar-refractivity contribution in [2.45, 2.75) is 6.92 Å². The molecule has 0 radical (unpaired) electrons. The fourth-order valence-electron chi connectivity index (χ4n) is 1.36. The third kappa shape index (κ3) is 2.25. The van der Waals surface area contributed by atoms with Gasteiger partial charge in [0.25, 0.3) is 0 Å². The number of benzene rings is 1. The van der Waals surface area contributed by atoms with Crippen molar-refractivity contribution >= 4 is 17.8 Å². The Labute approximate surface area is 93.7 Å². The highest BCUT2D eigenvalue weighted by molar-refractivity contribution is 6.21. The van der Waals surface area contributed by atoms with E-state index in [1.54, 1.807) is 13.0 Å². The normalized spacial score (nSPS) is 17.9. The van der Waals surface area contributed by atoms with Gasteiger partial charge in [0.1, 0.15) is 0 Å². The lowest BCUT2D eigenvalue weighted by atomic mass is 10.1. The second-order valence-corrected chi connectivity index (χ2v) is 3.41. The highest BCUT2D eigenvalue weighted by Crippen LogP contribution is 2.11. The van der Waals surface area contributed by atoms with Gasteiger partial charge in [0.2, 0.25) is 0 Å². The zero-order chi connectivity index (χ0) is 11.4. The molecule has 1 aromatic rings. The number of rotatable bonds is 2. The van der Waals surface area contributed by atoms with Gasteiger partial charge < -0.3 is 4.84 Å². The van der Waals surface area contributed by atoms with Crippen molar-refractivity contribution < 1.29 is 9.63 Å². The second kappa shape index (κ2) is 4.57. The molecular weight excluding hydrogens is 202 g/mol. The Morgan fingerprint density at radius 3 is 2.62 bits per heavy atom. The minimum absolute atomic E-state index is 0.393. The van der Waals surface area contributed by atoms with Crippen LogP contribution in [0.15, 0.2) is 53.2 Å². The minimum atomic E-state index is -0.393. The molecule has 1 heterocycles. The van der Waals surface area contributed by atoms with Crippen molar-refractivity contribution in [3.05, 3.63) is 53.6 Å². The Bertz CT molecular complexity index is 484. The molecule has 3 nitrogen and oxygen atoms in total. The second-order valence-electron chi connectivity index (χ2n) is 3.41. The summed E-state index contributed by atoms with van der Waals surface area (Å²) >= 11 is 0. The van der Waals surface area contributed by atoms with E-state index in [9.17, 15) is 4.79 Å². The molecule has 0 N–H and O–H groups in total. The number of carbonyl (C=O) groups is 1. The lowest BCUT2D eigenvalue weighted by molar-refractivity contribution is -0.136. The quantitative estimate of drug-likeness (QED) is 0.559. The summed E-state index contributed by atoms with van der Waals surface area (Å²) in [5, 5.41) is 3.59. The van der Waals surface area contributed by atoms with Gasteiger partial charge in [-0.05, 0) is 18.6 Å². The summed E-state index contributed by atoms with van der Waals surface area (Å²) in [6.45, 7) is 1.74. The molecule has 16 heavy (non-hydrogen) atoms. The van der Waals surface area contributed by atoms with Gasteiger partial charge in [-0.1, -0.05) is 47.6 Å². The average Bonchev–Trinajstić information content (AvgIpc) is 2.62. The largest absolute Gasteiger partial charge is 0.367 e. The predicted octanol–water partition coefficient (Wildman–Crippen LogP) is 2.56. The lowest BCUT2D eigenvalue weighted by Crippen LogP contribution is -2.01. The molecule has 0 saturated carbocycles. The van der Waals surface area contributed by atoms with Crippen LogP contribution in [0.5, 0.6) is 0 Å². The van der Waals surface area contributed by atoms with Crippen molar-refractivity contribution in [2.24, 2.45) is 5.16 Å². The third-order valence-corrected chi connectivity index (χ3v) is 2.23. The van der Waals surface area contributed by atoms with E-state index in [1.165, 1.54) is 0 Å². The molecule has 0 fully saturated rings. The Morgan fingerprint density at radius 1 is 1.25 bits per heavy atom. The molecule has 3 heteroatoms. The van der Waals surface area contributed by atoms with Gasteiger partial charge in [-0.15, -0.1) is 0 Å². The van der Waals surface area contributed by atoms with Gasteiger partial charge in [0.05, 0.1) is 11.3 Å². The number of oxime groups is 1. The molecule has 0 aromatic heterocycles. The van der Waals surface area contributed by atoms with Gasteiger partial charge in [-0.25, -0.2) is 4.79 Å². The maximum absolute atomic E-state index is 11.2. The number of hydrogen-bond acceptors (Lipinski definition) is 3. The number of carbonyl (C=O) groups excluding carboxylic acids is 1. The zero-order valence-electron chi connectivity index (χ0n) is 8.88. The van der Waals surface area contributed by atoms with Crippen LogP contribution < -0.4 is 0 Å². The van der Waals surface area contributed by atoms with Gasteiger partial charge in [-0.3, -0.25) is 0 Å². The molecule has 0 bridgehead atoms. The molecule has 0 unspecified atom stereocenters. The molecule has 1 aromatic carbocycles. The molecule has 80 valence electrons. The summed E-state index contributed by atoms with van der Waals surface area (Å²) in [5.41, 5.74) is 2.20. The van der Waals surface area contributed by atoms with E-state index in [0.29, 0.717) is 11.3 Å². The van der Waals surface area contributed by atoms with Crippen molar-refractivity contribution in [1.29, 1.82) is 0 Å². The highest BCUT2D eigenvalue weighted by Gasteiger charge is 2.20. The van der Waals surface area contributed by atoms with Crippen LogP contribution in [0.1, 0.15) is 12.5 Å². The number of nitrogens with zero attached hydrogens (tertiary/aromatic N) is 1. The summed E-state index contributed by atoms with van der Waals surface area (Å²) in [7, 11) is 0. The Kier molecular flexibility index (Phi) is 2.96. The SMILES string of the molecule is CC1=NOC(=O)/C1=C/C=C\c1ccccc1. The van der Waals surface area contributed by atoms with E-state index in [0.717, 1.165) is 5.56 Å². The molecule has 0 atom stereocenters. The zero-order valence-corrected chi connectivity index (χ0v) is 8.88. The van der Waals surface area contributed by atoms with Crippen LogP contribution in [0.25, 0.3) is 6.08 Å². The molecule has 1 aliphatic heterocycles. The smallest absolute Gasteiger partial charge is 0.312 e.